The Morgan fingerprint density at radius 1 is 0.316 bits per heavy atom. The van der Waals surface area contributed by atoms with Crippen LogP contribution in [0.1, 0.15) is 11.1 Å². The molecule has 0 bridgehead atoms. The van der Waals surface area contributed by atoms with E-state index in [9.17, 15) is 0 Å². The Bertz CT molecular complexity index is 1960. The van der Waals surface area contributed by atoms with E-state index in [1.54, 1.807) is 0 Å². The fourth-order valence-electron chi connectivity index (χ4n) is 5.88. The standard InChI is InChI=1S/C38H28/c1-25-13-21-34-35(22-25)37(30-17-14-29(15-18-30)27-8-4-3-5-9-27)33-20-12-26(2)23-36(33)38(34)32-19-16-28-10-6-7-11-31(28)24-32/h3-24H,1-2H3. The van der Waals surface area contributed by atoms with Crippen LogP contribution in [0.5, 0.6) is 0 Å². The van der Waals surface area contributed by atoms with Crippen LogP contribution in [0.4, 0.5) is 0 Å². The lowest BCUT2D eigenvalue weighted by atomic mass is 9.84. The van der Waals surface area contributed by atoms with Crippen LogP contribution in [-0.4, -0.2) is 0 Å². The molecule has 0 atom stereocenters. The fourth-order valence-corrected chi connectivity index (χ4v) is 5.88. The van der Waals surface area contributed by atoms with Gasteiger partial charge in [0.15, 0.2) is 0 Å². The molecule has 38 heavy (non-hydrogen) atoms. The Morgan fingerprint density at radius 3 is 1.47 bits per heavy atom. The van der Waals surface area contributed by atoms with E-state index in [1.807, 2.05) is 0 Å². The molecule has 0 radical (unpaired) electrons. The second kappa shape index (κ2) is 9.01. The minimum Gasteiger partial charge on any atom is -0.0622 e. The molecule has 7 rings (SSSR count). The molecule has 0 nitrogen and oxygen atoms in total. The van der Waals surface area contributed by atoms with Crippen molar-refractivity contribution >= 4 is 32.3 Å². The SMILES string of the molecule is Cc1ccc2c(-c3ccc4ccccc4c3)c3cc(C)ccc3c(-c3ccc(-c4ccccc4)cc3)c2c1. The molecule has 0 heteroatoms. The number of benzene rings is 7. The molecule has 7 aromatic carbocycles. The van der Waals surface area contributed by atoms with Crippen LogP contribution in [0.25, 0.3) is 65.7 Å². The Balaban J connectivity index is 1.54. The molecule has 0 spiro atoms. The summed E-state index contributed by atoms with van der Waals surface area (Å²) in [6.45, 7) is 4.38. The van der Waals surface area contributed by atoms with E-state index in [2.05, 4.69) is 147 Å². The van der Waals surface area contributed by atoms with Gasteiger partial charge < -0.3 is 0 Å². The van der Waals surface area contributed by atoms with Crippen molar-refractivity contribution in [3.05, 3.63) is 145 Å². The molecular weight excluding hydrogens is 456 g/mol. The fraction of sp³-hybridized carbons (Fsp3) is 0.0526. The molecule has 0 heterocycles. The van der Waals surface area contributed by atoms with Gasteiger partial charge in [-0.3, -0.25) is 0 Å². The number of aryl methyl sites for hydroxylation is 2. The topological polar surface area (TPSA) is 0 Å². The Hall–Kier alpha value is -4.68. The highest BCUT2D eigenvalue weighted by atomic mass is 14.2. The highest BCUT2D eigenvalue weighted by Gasteiger charge is 2.17. The lowest BCUT2D eigenvalue weighted by Crippen LogP contribution is -1.92. The predicted octanol–water partition coefficient (Wildman–Crippen LogP) is 10.8. The lowest BCUT2D eigenvalue weighted by molar-refractivity contribution is 1.49. The van der Waals surface area contributed by atoms with Crippen molar-refractivity contribution in [3.63, 3.8) is 0 Å². The Kier molecular flexibility index (Phi) is 5.34. The minimum absolute atomic E-state index is 1.24. The summed E-state index contributed by atoms with van der Waals surface area (Å²) in [6.07, 6.45) is 0. The van der Waals surface area contributed by atoms with Gasteiger partial charge in [0.2, 0.25) is 0 Å². The normalized spacial score (nSPS) is 11.4. The lowest BCUT2D eigenvalue weighted by Gasteiger charge is -2.19. The summed E-state index contributed by atoms with van der Waals surface area (Å²) in [4.78, 5) is 0. The maximum absolute atomic E-state index is 2.36. The third kappa shape index (κ3) is 3.78. The van der Waals surface area contributed by atoms with Crippen LogP contribution in [0, 0.1) is 13.8 Å². The molecule has 0 saturated heterocycles. The summed E-state index contributed by atoms with van der Waals surface area (Å²) in [5.41, 5.74) is 10.2. The first-order valence-electron chi connectivity index (χ1n) is 13.3. The minimum atomic E-state index is 1.24. The molecule has 180 valence electrons. The van der Waals surface area contributed by atoms with Gasteiger partial charge in [-0.05, 0) is 85.6 Å². The van der Waals surface area contributed by atoms with Gasteiger partial charge in [0, 0.05) is 0 Å². The van der Waals surface area contributed by atoms with Crippen molar-refractivity contribution < 1.29 is 0 Å². The van der Waals surface area contributed by atoms with Gasteiger partial charge in [0.25, 0.3) is 0 Å². The second-order valence-corrected chi connectivity index (χ2v) is 10.4. The van der Waals surface area contributed by atoms with Gasteiger partial charge in [-0.15, -0.1) is 0 Å². The molecule has 0 N–H and O–H groups in total. The zero-order chi connectivity index (χ0) is 25.6. The van der Waals surface area contributed by atoms with E-state index in [0.717, 1.165) is 0 Å². The number of hydrogen-bond acceptors (Lipinski definition) is 0. The number of rotatable bonds is 3. The predicted molar refractivity (Wildman–Crippen MR) is 165 cm³/mol. The van der Waals surface area contributed by atoms with Crippen LogP contribution in [0.15, 0.2) is 133 Å². The monoisotopic (exact) mass is 484 g/mol. The van der Waals surface area contributed by atoms with E-state index >= 15 is 0 Å². The van der Waals surface area contributed by atoms with Crippen LogP contribution in [0.2, 0.25) is 0 Å². The summed E-state index contributed by atoms with van der Waals surface area (Å²) in [5.74, 6) is 0. The van der Waals surface area contributed by atoms with E-state index in [-0.39, 0.29) is 0 Å². The summed E-state index contributed by atoms with van der Waals surface area (Å²) >= 11 is 0. The molecule has 0 amide bonds. The van der Waals surface area contributed by atoms with Crippen molar-refractivity contribution in [1.82, 2.24) is 0 Å². The number of hydrogen-bond donors (Lipinski definition) is 0. The molecule has 7 aromatic rings. The summed E-state index contributed by atoms with van der Waals surface area (Å²) < 4.78 is 0. The van der Waals surface area contributed by atoms with E-state index < -0.39 is 0 Å². The van der Waals surface area contributed by atoms with Gasteiger partial charge in [0.1, 0.15) is 0 Å². The summed E-state index contributed by atoms with van der Waals surface area (Å²) in [6, 6.07) is 49.0. The summed E-state index contributed by atoms with van der Waals surface area (Å²) in [5, 5.41) is 7.74. The van der Waals surface area contributed by atoms with Crippen molar-refractivity contribution in [2.24, 2.45) is 0 Å². The summed E-state index contributed by atoms with van der Waals surface area (Å²) in [7, 11) is 0. The van der Waals surface area contributed by atoms with Crippen LogP contribution >= 0.6 is 0 Å². The van der Waals surface area contributed by atoms with Gasteiger partial charge in [0.05, 0.1) is 0 Å². The third-order valence-electron chi connectivity index (χ3n) is 7.75. The second-order valence-electron chi connectivity index (χ2n) is 10.4. The largest absolute Gasteiger partial charge is 0.0622 e. The molecule has 0 aliphatic carbocycles. The molecule has 0 unspecified atom stereocenters. The maximum Gasteiger partial charge on any atom is -0.00260 e. The number of fused-ring (bicyclic) bond motifs is 3. The van der Waals surface area contributed by atoms with Crippen molar-refractivity contribution in [3.8, 4) is 33.4 Å². The van der Waals surface area contributed by atoms with Crippen molar-refractivity contribution in [1.29, 1.82) is 0 Å². The smallest absolute Gasteiger partial charge is 0.00260 e. The van der Waals surface area contributed by atoms with Crippen LogP contribution < -0.4 is 0 Å². The van der Waals surface area contributed by atoms with E-state index in [1.165, 1.54) is 76.8 Å². The van der Waals surface area contributed by atoms with E-state index in [0.29, 0.717) is 0 Å². The third-order valence-corrected chi connectivity index (χ3v) is 7.75. The molecular formula is C38H28. The zero-order valence-electron chi connectivity index (χ0n) is 21.7. The first kappa shape index (κ1) is 22.5. The molecule has 0 fully saturated rings. The maximum atomic E-state index is 2.36. The first-order valence-corrected chi connectivity index (χ1v) is 13.3. The molecule has 0 aromatic heterocycles. The highest BCUT2D eigenvalue weighted by molar-refractivity contribution is 6.22. The molecule has 0 aliphatic heterocycles. The highest BCUT2D eigenvalue weighted by Crippen LogP contribution is 2.45. The van der Waals surface area contributed by atoms with Gasteiger partial charge in [-0.1, -0.05) is 139 Å². The first-order chi connectivity index (χ1) is 18.7. The van der Waals surface area contributed by atoms with E-state index in [4.69, 9.17) is 0 Å². The van der Waals surface area contributed by atoms with Gasteiger partial charge >= 0.3 is 0 Å². The average Bonchev–Trinajstić information content (AvgIpc) is 2.96. The van der Waals surface area contributed by atoms with Crippen molar-refractivity contribution in [2.75, 3.05) is 0 Å². The van der Waals surface area contributed by atoms with Gasteiger partial charge in [-0.2, -0.15) is 0 Å². The average molecular weight is 485 g/mol. The van der Waals surface area contributed by atoms with Crippen LogP contribution in [0.3, 0.4) is 0 Å². The van der Waals surface area contributed by atoms with Gasteiger partial charge in [-0.25, -0.2) is 0 Å². The van der Waals surface area contributed by atoms with Crippen LogP contribution in [-0.2, 0) is 0 Å². The molecule has 0 aliphatic rings. The molecule has 0 saturated carbocycles. The quantitative estimate of drug-likeness (QED) is 0.219. The Morgan fingerprint density at radius 2 is 0.816 bits per heavy atom. The Labute approximate surface area is 223 Å². The van der Waals surface area contributed by atoms with Crippen molar-refractivity contribution in [2.45, 2.75) is 13.8 Å². The zero-order valence-corrected chi connectivity index (χ0v) is 21.7.